The second-order valence-corrected chi connectivity index (χ2v) is 8.02. The molecule has 0 saturated carbocycles. The lowest BCUT2D eigenvalue weighted by atomic mass is 10.2. The lowest BCUT2D eigenvalue weighted by Gasteiger charge is -2.16. The Kier molecular flexibility index (Phi) is 8.38. The SMILES string of the molecule is CCOC(=O)NNC(=O)c1ccc(OC)c(S(=O)(=O)Nc2cc(Cl)c(OC)cc2OC)c1. The van der Waals surface area contributed by atoms with Crippen molar-refractivity contribution in [2.75, 3.05) is 32.7 Å². The zero-order valence-electron chi connectivity index (χ0n) is 17.6. The van der Waals surface area contributed by atoms with Crippen molar-refractivity contribution in [2.24, 2.45) is 0 Å². The minimum atomic E-state index is -4.27. The van der Waals surface area contributed by atoms with Gasteiger partial charge >= 0.3 is 6.09 Å². The summed E-state index contributed by atoms with van der Waals surface area (Å²) in [4.78, 5) is 23.3. The van der Waals surface area contributed by atoms with Crippen molar-refractivity contribution in [1.82, 2.24) is 10.9 Å². The van der Waals surface area contributed by atoms with Crippen molar-refractivity contribution >= 4 is 39.3 Å². The molecule has 2 amide bonds. The number of methoxy groups -OCH3 is 3. The van der Waals surface area contributed by atoms with Crippen molar-refractivity contribution in [3.05, 3.63) is 40.9 Å². The molecule has 32 heavy (non-hydrogen) atoms. The van der Waals surface area contributed by atoms with Crippen LogP contribution in [0.15, 0.2) is 35.2 Å². The van der Waals surface area contributed by atoms with Gasteiger partial charge in [0.2, 0.25) is 0 Å². The molecule has 2 aromatic rings. The van der Waals surface area contributed by atoms with Gasteiger partial charge in [-0.2, -0.15) is 0 Å². The number of anilines is 1. The van der Waals surface area contributed by atoms with Crippen LogP contribution < -0.4 is 29.8 Å². The summed E-state index contributed by atoms with van der Waals surface area (Å²) in [6, 6.07) is 6.45. The number of hydrogen-bond acceptors (Lipinski definition) is 8. The molecular weight excluding hydrogens is 466 g/mol. The van der Waals surface area contributed by atoms with Crippen molar-refractivity contribution in [2.45, 2.75) is 11.8 Å². The van der Waals surface area contributed by atoms with E-state index in [4.69, 9.17) is 25.8 Å². The maximum absolute atomic E-state index is 13.1. The molecule has 3 N–H and O–H groups in total. The number of rotatable bonds is 8. The quantitative estimate of drug-likeness (QED) is 0.482. The Bertz CT molecular complexity index is 1110. The molecule has 0 aliphatic heterocycles. The number of hydrazine groups is 1. The van der Waals surface area contributed by atoms with Gasteiger partial charge in [0.15, 0.2) is 0 Å². The van der Waals surface area contributed by atoms with Gasteiger partial charge in [0.05, 0.1) is 38.6 Å². The molecule has 0 radical (unpaired) electrons. The molecular formula is C19H22ClN3O8S. The second-order valence-electron chi connectivity index (χ2n) is 5.96. The van der Waals surface area contributed by atoms with E-state index in [1.807, 2.05) is 5.43 Å². The molecule has 2 aromatic carbocycles. The standard InChI is InChI=1S/C19H22ClN3O8S/c1-5-31-19(25)22-21-18(24)11-6-7-14(28-2)17(8-11)32(26,27)23-13-9-12(20)15(29-3)10-16(13)30-4/h6-10,23H,5H2,1-4H3,(H,21,24)(H,22,25). The normalized spacial score (nSPS) is 10.7. The van der Waals surface area contributed by atoms with Gasteiger partial charge in [-0.1, -0.05) is 11.6 Å². The maximum atomic E-state index is 13.1. The monoisotopic (exact) mass is 487 g/mol. The van der Waals surface area contributed by atoms with E-state index >= 15 is 0 Å². The summed E-state index contributed by atoms with van der Waals surface area (Å²) in [5, 5.41) is 0.149. The van der Waals surface area contributed by atoms with Gasteiger partial charge in [0.25, 0.3) is 15.9 Å². The third-order valence-electron chi connectivity index (χ3n) is 3.99. The average molecular weight is 488 g/mol. The van der Waals surface area contributed by atoms with Crippen molar-refractivity contribution in [3.8, 4) is 17.2 Å². The third-order valence-corrected chi connectivity index (χ3v) is 5.67. The molecule has 0 heterocycles. The number of carbonyl (C=O) groups is 2. The number of ether oxygens (including phenoxy) is 4. The predicted molar refractivity (Wildman–Crippen MR) is 116 cm³/mol. The first-order chi connectivity index (χ1) is 15.2. The molecule has 0 aromatic heterocycles. The summed E-state index contributed by atoms with van der Waals surface area (Å²) in [6.07, 6.45) is -0.868. The molecule has 0 fully saturated rings. The molecule has 0 atom stereocenters. The number of halogens is 1. The van der Waals surface area contributed by atoms with Crippen LogP contribution in [0.25, 0.3) is 0 Å². The molecule has 0 aliphatic carbocycles. The van der Waals surface area contributed by atoms with E-state index in [1.165, 1.54) is 45.6 Å². The van der Waals surface area contributed by atoms with Gasteiger partial charge < -0.3 is 18.9 Å². The number of hydrogen-bond donors (Lipinski definition) is 3. The Morgan fingerprint density at radius 2 is 1.59 bits per heavy atom. The Morgan fingerprint density at radius 1 is 0.938 bits per heavy atom. The Labute approximate surface area is 190 Å². The lowest BCUT2D eigenvalue weighted by Crippen LogP contribution is -2.42. The molecule has 174 valence electrons. The summed E-state index contributed by atoms with van der Waals surface area (Å²) < 4.78 is 48.6. The highest BCUT2D eigenvalue weighted by Gasteiger charge is 2.24. The Morgan fingerprint density at radius 3 is 2.19 bits per heavy atom. The first-order valence-corrected chi connectivity index (χ1v) is 10.9. The fourth-order valence-electron chi connectivity index (χ4n) is 2.51. The van der Waals surface area contributed by atoms with Gasteiger partial charge in [0, 0.05) is 11.6 Å². The van der Waals surface area contributed by atoms with Gasteiger partial charge in [-0.15, -0.1) is 0 Å². The van der Waals surface area contributed by atoms with Gasteiger partial charge in [-0.3, -0.25) is 14.9 Å². The van der Waals surface area contributed by atoms with Crippen molar-refractivity contribution < 1.29 is 37.0 Å². The molecule has 11 nitrogen and oxygen atoms in total. The Balaban J connectivity index is 2.38. The zero-order chi connectivity index (χ0) is 23.9. The molecule has 0 unspecified atom stereocenters. The van der Waals surface area contributed by atoms with Crippen LogP contribution in [0.4, 0.5) is 10.5 Å². The summed E-state index contributed by atoms with van der Waals surface area (Å²) >= 11 is 6.10. The van der Waals surface area contributed by atoms with Crippen LogP contribution in [0.3, 0.4) is 0 Å². The van der Waals surface area contributed by atoms with Gasteiger partial charge in [0.1, 0.15) is 22.1 Å². The number of sulfonamides is 1. The zero-order valence-corrected chi connectivity index (χ0v) is 19.2. The molecule has 0 saturated heterocycles. The second kappa shape index (κ2) is 10.8. The summed E-state index contributed by atoms with van der Waals surface area (Å²) in [5.41, 5.74) is 4.13. The predicted octanol–water partition coefficient (Wildman–Crippen LogP) is 2.56. The molecule has 13 heteroatoms. The third kappa shape index (κ3) is 5.86. The van der Waals surface area contributed by atoms with Crippen LogP contribution in [0.1, 0.15) is 17.3 Å². The highest BCUT2D eigenvalue weighted by molar-refractivity contribution is 7.92. The topological polar surface area (TPSA) is 141 Å². The van der Waals surface area contributed by atoms with E-state index in [0.717, 1.165) is 6.07 Å². The molecule has 0 spiro atoms. The molecule has 0 bridgehead atoms. The van der Waals surface area contributed by atoms with E-state index < -0.39 is 22.0 Å². The van der Waals surface area contributed by atoms with Crippen LogP contribution in [0, 0.1) is 0 Å². The van der Waals surface area contributed by atoms with Crippen molar-refractivity contribution in [1.29, 1.82) is 0 Å². The minimum Gasteiger partial charge on any atom is -0.495 e. The van der Waals surface area contributed by atoms with E-state index in [0.29, 0.717) is 0 Å². The summed E-state index contributed by atoms with van der Waals surface area (Å²) in [7, 11) is -0.233. The number of benzene rings is 2. The van der Waals surface area contributed by atoms with Crippen LogP contribution in [0.2, 0.25) is 5.02 Å². The van der Waals surface area contributed by atoms with Crippen LogP contribution in [-0.2, 0) is 14.8 Å². The van der Waals surface area contributed by atoms with Crippen LogP contribution >= 0.6 is 11.6 Å². The van der Waals surface area contributed by atoms with E-state index in [1.54, 1.807) is 6.92 Å². The first kappa shape index (κ1) is 24.9. The largest absolute Gasteiger partial charge is 0.495 e. The lowest BCUT2D eigenvalue weighted by molar-refractivity contribution is 0.0912. The maximum Gasteiger partial charge on any atom is 0.426 e. The van der Waals surface area contributed by atoms with E-state index in [2.05, 4.69) is 14.9 Å². The highest BCUT2D eigenvalue weighted by Crippen LogP contribution is 2.37. The fraction of sp³-hybridized carbons (Fsp3) is 0.263. The summed E-state index contributed by atoms with van der Waals surface area (Å²) in [5.74, 6) is -0.355. The molecule has 0 aliphatic rings. The van der Waals surface area contributed by atoms with Gasteiger partial charge in [-0.05, 0) is 31.2 Å². The summed E-state index contributed by atoms with van der Waals surface area (Å²) in [6.45, 7) is 1.71. The first-order valence-electron chi connectivity index (χ1n) is 9.02. The van der Waals surface area contributed by atoms with E-state index in [9.17, 15) is 18.0 Å². The van der Waals surface area contributed by atoms with E-state index in [-0.39, 0.29) is 45.0 Å². The Hall–Kier alpha value is -3.38. The van der Waals surface area contributed by atoms with Crippen LogP contribution in [-0.4, -0.2) is 48.4 Å². The number of nitrogens with one attached hydrogen (secondary N) is 3. The minimum absolute atomic E-state index is 0.0222. The highest BCUT2D eigenvalue weighted by atomic mass is 35.5. The van der Waals surface area contributed by atoms with Crippen molar-refractivity contribution in [3.63, 3.8) is 0 Å². The van der Waals surface area contributed by atoms with Crippen LogP contribution in [0.5, 0.6) is 17.2 Å². The number of amides is 2. The van der Waals surface area contributed by atoms with Gasteiger partial charge in [-0.25, -0.2) is 18.6 Å². The number of carbonyl (C=O) groups excluding carboxylic acids is 2. The average Bonchev–Trinajstić information content (AvgIpc) is 2.77. The fourth-order valence-corrected chi connectivity index (χ4v) is 4.01. The molecule has 2 rings (SSSR count). The smallest absolute Gasteiger partial charge is 0.426 e.